The van der Waals surface area contributed by atoms with Crippen LogP contribution in [0, 0.1) is 34.6 Å². The summed E-state index contributed by atoms with van der Waals surface area (Å²) in [6.07, 6.45) is 4.57. The van der Waals surface area contributed by atoms with Gasteiger partial charge < -0.3 is 9.88 Å². The maximum Gasteiger partial charge on any atom is 0.140 e. The van der Waals surface area contributed by atoms with Gasteiger partial charge in [0.15, 0.2) is 0 Å². The second-order valence-corrected chi connectivity index (χ2v) is 7.59. The van der Waals surface area contributed by atoms with Crippen molar-refractivity contribution in [3.8, 4) is 0 Å². The van der Waals surface area contributed by atoms with Crippen molar-refractivity contribution in [2.24, 2.45) is 0 Å². The molecule has 2 heterocycles. The fourth-order valence-corrected chi connectivity index (χ4v) is 4.16. The average Bonchev–Trinajstić information content (AvgIpc) is 2.88. The van der Waals surface area contributed by atoms with Gasteiger partial charge in [-0.1, -0.05) is 31.5 Å². The van der Waals surface area contributed by atoms with E-state index in [-0.39, 0.29) is 0 Å². The van der Waals surface area contributed by atoms with Gasteiger partial charge in [0.2, 0.25) is 0 Å². The highest BCUT2D eigenvalue weighted by Gasteiger charge is 2.17. The normalized spacial score (nSPS) is 11.5. The molecular weight excluding hydrogens is 318 g/mol. The van der Waals surface area contributed by atoms with Crippen LogP contribution in [0.2, 0.25) is 0 Å². The Labute approximate surface area is 157 Å². The predicted octanol–water partition coefficient (Wildman–Crippen LogP) is 6.68. The third kappa shape index (κ3) is 3.23. The molecular formula is C23H31N3. The third-order valence-electron chi connectivity index (χ3n) is 5.39. The van der Waals surface area contributed by atoms with Crippen molar-refractivity contribution < 1.29 is 0 Å². The first-order valence-electron chi connectivity index (χ1n) is 9.69. The lowest BCUT2D eigenvalue weighted by Gasteiger charge is -2.18. The molecule has 1 N–H and O–H groups in total. The average molecular weight is 350 g/mol. The molecule has 138 valence electrons. The van der Waals surface area contributed by atoms with Gasteiger partial charge in [0.05, 0.1) is 5.52 Å². The number of nitrogens with zero attached hydrogens (tertiary/aromatic N) is 2. The molecule has 0 saturated carbocycles. The lowest BCUT2D eigenvalue weighted by atomic mass is 10.0. The van der Waals surface area contributed by atoms with Gasteiger partial charge in [-0.2, -0.15) is 0 Å². The summed E-state index contributed by atoms with van der Waals surface area (Å²) >= 11 is 0. The quantitative estimate of drug-likeness (QED) is 0.556. The molecule has 1 aromatic carbocycles. The number of benzene rings is 1. The molecule has 26 heavy (non-hydrogen) atoms. The highest BCUT2D eigenvalue weighted by molar-refractivity contribution is 5.95. The van der Waals surface area contributed by atoms with Crippen molar-refractivity contribution in [1.82, 2.24) is 9.55 Å². The Balaban J connectivity index is 2.19. The maximum atomic E-state index is 4.86. The van der Waals surface area contributed by atoms with Crippen LogP contribution >= 0.6 is 0 Å². The first-order valence-corrected chi connectivity index (χ1v) is 9.69. The maximum absolute atomic E-state index is 4.86. The minimum atomic E-state index is 0.531. The van der Waals surface area contributed by atoms with E-state index in [2.05, 4.69) is 82.7 Å². The van der Waals surface area contributed by atoms with Crippen LogP contribution in [0.15, 0.2) is 24.4 Å². The molecule has 2 aromatic heterocycles. The van der Waals surface area contributed by atoms with Gasteiger partial charge in [0, 0.05) is 29.0 Å². The molecule has 3 aromatic rings. The number of anilines is 2. The molecule has 0 aliphatic carbocycles. The highest BCUT2D eigenvalue weighted by atomic mass is 15.0. The Morgan fingerprint density at radius 2 is 1.54 bits per heavy atom. The second kappa shape index (κ2) is 7.14. The molecule has 0 atom stereocenters. The Hall–Kier alpha value is -2.29. The lowest BCUT2D eigenvalue weighted by Crippen LogP contribution is -2.06. The van der Waals surface area contributed by atoms with Crippen LogP contribution in [0.1, 0.15) is 60.7 Å². The van der Waals surface area contributed by atoms with Gasteiger partial charge in [-0.25, -0.2) is 4.98 Å². The van der Waals surface area contributed by atoms with Crippen molar-refractivity contribution in [2.75, 3.05) is 5.32 Å². The van der Waals surface area contributed by atoms with Gasteiger partial charge in [-0.3, -0.25) is 0 Å². The Morgan fingerprint density at radius 3 is 2.12 bits per heavy atom. The number of fused-ring (bicyclic) bond motifs is 1. The molecule has 0 spiro atoms. The van der Waals surface area contributed by atoms with Crippen LogP contribution in [0.4, 0.5) is 11.5 Å². The smallest absolute Gasteiger partial charge is 0.140 e. The Kier molecular flexibility index (Phi) is 5.08. The number of aromatic nitrogens is 2. The molecule has 0 aliphatic heterocycles. The second-order valence-electron chi connectivity index (χ2n) is 7.59. The topological polar surface area (TPSA) is 29.9 Å². The van der Waals surface area contributed by atoms with E-state index in [4.69, 9.17) is 4.98 Å². The molecule has 3 nitrogen and oxygen atoms in total. The van der Waals surface area contributed by atoms with E-state index < -0.39 is 0 Å². The third-order valence-corrected chi connectivity index (χ3v) is 5.39. The van der Waals surface area contributed by atoms with E-state index in [9.17, 15) is 0 Å². The van der Waals surface area contributed by atoms with E-state index in [1.54, 1.807) is 0 Å². The SMILES string of the molecule is CCC(CC)n1cc(C)c2c(Nc3c(C)cc(C)cc3C)nc(C)cc21. The lowest BCUT2D eigenvalue weighted by molar-refractivity contribution is 0.485. The molecule has 0 saturated heterocycles. The van der Waals surface area contributed by atoms with Gasteiger partial charge in [-0.15, -0.1) is 0 Å². The number of aryl methyl sites for hydroxylation is 5. The Bertz CT molecular complexity index is 923. The van der Waals surface area contributed by atoms with E-state index in [1.165, 1.54) is 38.8 Å². The first kappa shape index (κ1) is 18.5. The standard InChI is InChI=1S/C23H31N3/c1-8-19(9-2)26-13-17(6)21-20(26)12-18(7)24-23(21)25-22-15(4)10-14(3)11-16(22)5/h10-13,19H,8-9H2,1-7H3,(H,24,25). The van der Waals surface area contributed by atoms with Gasteiger partial charge in [-0.05, 0) is 70.2 Å². The molecule has 3 heteroatoms. The van der Waals surface area contributed by atoms with Crippen molar-refractivity contribution in [3.05, 3.63) is 52.3 Å². The monoisotopic (exact) mass is 349 g/mol. The summed E-state index contributed by atoms with van der Waals surface area (Å²) in [5, 5.41) is 4.89. The zero-order valence-corrected chi connectivity index (χ0v) is 17.2. The minimum absolute atomic E-state index is 0.531. The molecule has 0 unspecified atom stereocenters. The molecule has 0 fully saturated rings. The number of hydrogen-bond donors (Lipinski definition) is 1. The first-order chi connectivity index (χ1) is 12.3. The summed E-state index contributed by atoms with van der Waals surface area (Å²) in [5.41, 5.74) is 8.60. The number of rotatable bonds is 5. The van der Waals surface area contributed by atoms with Crippen molar-refractivity contribution in [2.45, 2.75) is 67.3 Å². The summed E-state index contributed by atoms with van der Waals surface area (Å²) in [4.78, 5) is 4.86. The number of pyridine rings is 1. The van der Waals surface area contributed by atoms with E-state index >= 15 is 0 Å². The van der Waals surface area contributed by atoms with Gasteiger partial charge in [0.25, 0.3) is 0 Å². The zero-order valence-electron chi connectivity index (χ0n) is 17.2. The van der Waals surface area contributed by atoms with Crippen LogP contribution in [0.3, 0.4) is 0 Å². The predicted molar refractivity (Wildman–Crippen MR) is 113 cm³/mol. The zero-order chi connectivity index (χ0) is 19.0. The fraction of sp³-hybridized carbons (Fsp3) is 0.435. The summed E-state index contributed by atoms with van der Waals surface area (Å²) < 4.78 is 2.44. The van der Waals surface area contributed by atoms with Crippen LogP contribution in [-0.4, -0.2) is 9.55 Å². The number of nitrogens with one attached hydrogen (secondary N) is 1. The highest BCUT2D eigenvalue weighted by Crippen LogP contribution is 2.34. The molecule has 0 radical (unpaired) electrons. The summed E-state index contributed by atoms with van der Waals surface area (Å²) in [6, 6.07) is 7.21. The number of hydrogen-bond acceptors (Lipinski definition) is 2. The van der Waals surface area contributed by atoms with Crippen LogP contribution in [0.5, 0.6) is 0 Å². The van der Waals surface area contributed by atoms with Crippen LogP contribution < -0.4 is 5.32 Å². The molecule has 0 bridgehead atoms. The fourth-order valence-electron chi connectivity index (χ4n) is 4.16. The molecule has 0 amide bonds. The van der Waals surface area contributed by atoms with Gasteiger partial charge >= 0.3 is 0 Å². The van der Waals surface area contributed by atoms with Crippen molar-refractivity contribution in [3.63, 3.8) is 0 Å². The van der Waals surface area contributed by atoms with Gasteiger partial charge in [0.1, 0.15) is 5.82 Å². The van der Waals surface area contributed by atoms with Crippen molar-refractivity contribution in [1.29, 1.82) is 0 Å². The summed E-state index contributed by atoms with van der Waals surface area (Å²) in [7, 11) is 0. The van der Waals surface area contributed by atoms with Crippen molar-refractivity contribution >= 4 is 22.4 Å². The molecule has 0 aliphatic rings. The van der Waals surface area contributed by atoms with E-state index in [0.717, 1.165) is 24.4 Å². The van der Waals surface area contributed by atoms with E-state index in [1.807, 2.05) is 0 Å². The van der Waals surface area contributed by atoms with Crippen LogP contribution in [-0.2, 0) is 0 Å². The summed E-state index contributed by atoms with van der Waals surface area (Å²) in [6.45, 7) is 15.3. The van der Waals surface area contributed by atoms with Crippen LogP contribution in [0.25, 0.3) is 10.9 Å². The van der Waals surface area contributed by atoms with E-state index in [0.29, 0.717) is 6.04 Å². The largest absolute Gasteiger partial charge is 0.344 e. The molecule has 3 rings (SSSR count). The minimum Gasteiger partial charge on any atom is -0.344 e. The summed E-state index contributed by atoms with van der Waals surface area (Å²) in [5.74, 6) is 0.970. The Morgan fingerprint density at radius 1 is 0.923 bits per heavy atom.